The van der Waals surface area contributed by atoms with Crippen LogP contribution in [0, 0.1) is 0 Å². The molecule has 0 saturated carbocycles. The van der Waals surface area contributed by atoms with Gasteiger partial charge in [0.05, 0.1) is 27.4 Å². The van der Waals surface area contributed by atoms with Gasteiger partial charge in [-0.2, -0.15) is 0 Å². The molecule has 0 aromatic heterocycles. The molecule has 0 spiro atoms. The zero-order valence-electron chi connectivity index (χ0n) is 6.32. The molecule has 0 aromatic carbocycles. The number of halogens is 1. The normalized spacial score (nSPS) is 16.7. The molecular weight excluding hydrogens is 219 g/mol. The molecule has 7 heteroatoms. The van der Waals surface area contributed by atoms with Crippen molar-refractivity contribution >= 4 is 21.7 Å². The fraction of sp³-hybridized carbons (Fsp3) is 1.00. The second-order valence-corrected chi connectivity index (χ2v) is 4.11. The van der Waals surface area contributed by atoms with Crippen LogP contribution >= 0.6 is 11.6 Å². The molecule has 0 fully saturated rings. The van der Waals surface area contributed by atoms with Gasteiger partial charge in [-0.3, -0.25) is 0 Å². The van der Waals surface area contributed by atoms with Gasteiger partial charge in [0.25, 0.3) is 0 Å². The number of rotatable bonds is 3. The predicted octanol–water partition coefficient (Wildman–Crippen LogP) is -3.48. The first-order chi connectivity index (χ1) is 4.33. The van der Waals surface area contributed by atoms with Crippen LogP contribution in [0.25, 0.3) is 0 Å². The summed E-state index contributed by atoms with van der Waals surface area (Å²) >= 11 is 5.28. The smallest absolute Gasteiger partial charge is 0.748 e. The molecule has 0 heterocycles. The fourth-order valence-corrected chi connectivity index (χ4v) is 1.24. The van der Waals surface area contributed by atoms with E-state index in [0.717, 1.165) is 0 Å². The molecular formula is C4H8ClKO4S. The van der Waals surface area contributed by atoms with Crippen molar-refractivity contribution in [1.29, 1.82) is 0 Å². The Morgan fingerprint density at radius 3 is 2.09 bits per heavy atom. The number of hydrogen-bond donors (Lipinski definition) is 1. The van der Waals surface area contributed by atoms with Gasteiger partial charge in [0.15, 0.2) is 0 Å². The topological polar surface area (TPSA) is 77.4 Å². The van der Waals surface area contributed by atoms with Gasteiger partial charge in [-0.15, -0.1) is 11.6 Å². The van der Waals surface area contributed by atoms with Gasteiger partial charge in [0, 0.05) is 0 Å². The van der Waals surface area contributed by atoms with Gasteiger partial charge in [0.1, 0.15) is 0 Å². The van der Waals surface area contributed by atoms with Crippen LogP contribution in [-0.4, -0.2) is 35.3 Å². The third-order valence-electron chi connectivity index (χ3n) is 0.905. The minimum Gasteiger partial charge on any atom is -0.748 e. The van der Waals surface area contributed by atoms with Gasteiger partial charge in [-0.1, -0.05) is 0 Å². The first-order valence-electron chi connectivity index (χ1n) is 2.58. The number of alkyl halides is 1. The Labute approximate surface area is 113 Å². The molecule has 0 aliphatic rings. The Bertz CT molecular complexity index is 190. The van der Waals surface area contributed by atoms with Crippen molar-refractivity contribution in [1.82, 2.24) is 0 Å². The Kier molecular flexibility index (Phi) is 8.72. The van der Waals surface area contributed by atoms with Gasteiger partial charge < -0.3 is 9.66 Å². The standard InChI is InChI=1S/C4H9ClO4S.K/c1-3(5)4(6)2-10(7,8)9;/h3-4,6H,2H2,1H3,(H,7,8,9);/q;+1/p-1. The maximum atomic E-state index is 9.97. The monoisotopic (exact) mass is 226 g/mol. The molecule has 0 bridgehead atoms. The molecule has 62 valence electrons. The van der Waals surface area contributed by atoms with Crippen molar-refractivity contribution in [3.63, 3.8) is 0 Å². The van der Waals surface area contributed by atoms with Gasteiger partial charge in [-0.25, -0.2) is 8.42 Å². The molecule has 0 amide bonds. The summed E-state index contributed by atoms with van der Waals surface area (Å²) < 4.78 is 29.9. The third-order valence-corrected chi connectivity index (χ3v) is 1.95. The summed E-state index contributed by atoms with van der Waals surface area (Å²) in [6, 6.07) is 0. The molecule has 0 rings (SSSR count). The van der Waals surface area contributed by atoms with Gasteiger partial charge >= 0.3 is 51.4 Å². The molecule has 0 aliphatic carbocycles. The van der Waals surface area contributed by atoms with E-state index in [1.165, 1.54) is 6.92 Å². The van der Waals surface area contributed by atoms with E-state index in [2.05, 4.69) is 0 Å². The number of hydrogen-bond acceptors (Lipinski definition) is 4. The minimum atomic E-state index is -4.35. The Morgan fingerprint density at radius 2 is 2.00 bits per heavy atom. The molecule has 0 aliphatic heterocycles. The maximum Gasteiger partial charge on any atom is 1.00 e. The van der Waals surface area contributed by atoms with Crippen molar-refractivity contribution in [3.05, 3.63) is 0 Å². The number of aliphatic hydroxyl groups excluding tert-OH is 1. The zero-order chi connectivity index (χ0) is 8.36. The third kappa shape index (κ3) is 9.71. The Morgan fingerprint density at radius 1 is 1.64 bits per heavy atom. The van der Waals surface area contributed by atoms with Crippen LogP contribution in [0.4, 0.5) is 0 Å². The maximum absolute atomic E-state index is 9.97. The van der Waals surface area contributed by atoms with Crippen molar-refractivity contribution < 1.29 is 69.5 Å². The molecule has 2 unspecified atom stereocenters. The molecule has 1 N–H and O–H groups in total. The van der Waals surface area contributed by atoms with E-state index in [-0.39, 0.29) is 51.4 Å². The zero-order valence-corrected chi connectivity index (χ0v) is 11.0. The average Bonchev–Trinajstić information content (AvgIpc) is 1.60. The Balaban J connectivity index is 0. The van der Waals surface area contributed by atoms with E-state index in [1.54, 1.807) is 0 Å². The van der Waals surface area contributed by atoms with Crippen molar-refractivity contribution in [2.24, 2.45) is 0 Å². The van der Waals surface area contributed by atoms with Gasteiger partial charge in [-0.05, 0) is 6.92 Å². The number of aliphatic hydroxyl groups is 1. The largest absolute Gasteiger partial charge is 1.00 e. The predicted molar refractivity (Wildman–Crippen MR) is 35.9 cm³/mol. The van der Waals surface area contributed by atoms with Crippen LogP contribution in [0.15, 0.2) is 0 Å². The van der Waals surface area contributed by atoms with E-state index in [4.69, 9.17) is 16.7 Å². The first kappa shape index (κ1) is 15.3. The van der Waals surface area contributed by atoms with Crippen LogP contribution in [0.3, 0.4) is 0 Å². The minimum absolute atomic E-state index is 0. The van der Waals surface area contributed by atoms with E-state index in [1.807, 2.05) is 0 Å². The van der Waals surface area contributed by atoms with Gasteiger partial charge in [0.2, 0.25) is 0 Å². The van der Waals surface area contributed by atoms with Crippen LogP contribution < -0.4 is 51.4 Å². The SMILES string of the molecule is CC(Cl)C(O)CS(=O)(=O)[O-].[K+]. The van der Waals surface area contributed by atoms with Crippen LogP contribution in [0.2, 0.25) is 0 Å². The second kappa shape index (κ2) is 6.28. The fourth-order valence-electron chi connectivity index (χ4n) is 0.342. The molecule has 4 nitrogen and oxygen atoms in total. The van der Waals surface area contributed by atoms with E-state index in [0.29, 0.717) is 0 Å². The average molecular weight is 227 g/mol. The summed E-state index contributed by atoms with van der Waals surface area (Å²) in [5, 5.41) is 8.03. The van der Waals surface area contributed by atoms with Crippen LogP contribution in [0.1, 0.15) is 6.92 Å². The summed E-state index contributed by atoms with van der Waals surface area (Å²) in [5.74, 6) is -0.822. The van der Waals surface area contributed by atoms with E-state index < -0.39 is 27.4 Å². The second-order valence-electron chi connectivity index (χ2n) is 1.97. The summed E-state index contributed by atoms with van der Waals surface area (Å²) in [6.45, 7) is 1.41. The van der Waals surface area contributed by atoms with E-state index in [9.17, 15) is 13.0 Å². The summed E-state index contributed by atoms with van der Waals surface area (Å²) in [6.07, 6.45) is -1.27. The van der Waals surface area contributed by atoms with Crippen molar-refractivity contribution in [2.75, 3.05) is 5.75 Å². The summed E-state index contributed by atoms with van der Waals surface area (Å²) in [5.41, 5.74) is 0. The van der Waals surface area contributed by atoms with Crippen molar-refractivity contribution in [3.8, 4) is 0 Å². The van der Waals surface area contributed by atoms with Crippen LogP contribution in [0.5, 0.6) is 0 Å². The molecule has 2 atom stereocenters. The van der Waals surface area contributed by atoms with E-state index >= 15 is 0 Å². The van der Waals surface area contributed by atoms with Crippen LogP contribution in [-0.2, 0) is 10.1 Å². The molecule has 0 aromatic rings. The van der Waals surface area contributed by atoms with Crippen molar-refractivity contribution in [2.45, 2.75) is 18.4 Å². The summed E-state index contributed by atoms with van der Waals surface area (Å²) in [7, 11) is -4.35. The molecule has 0 saturated heterocycles. The quantitative estimate of drug-likeness (QED) is 0.308. The summed E-state index contributed by atoms with van der Waals surface area (Å²) in [4.78, 5) is 0. The molecule has 11 heavy (non-hydrogen) atoms. The Hall–Kier alpha value is 1.80. The molecule has 0 radical (unpaired) electrons. The first-order valence-corrected chi connectivity index (χ1v) is 4.60.